The Morgan fingerprint density at radius 3 is 2.00 bits per heavy atom. The van der Waals surface area contributed by atoms with Crippen LogP contribution >= 0.6 is 0 Å². The highest BCUT2D eigenvalue weighted by Gasteiger charge is 2.19. The predicted octanol–water partition coefficient (Wildman–Crippen LogP) is 0.504. The molecule has 0 spiro atoms. The molecule has 102 valence electrons. The monoisotopic (exact) mass is 243 g/mol. The summed E-state index contributed by atoms with van der Waals surface area (Å²) in [5.41, 5.74) is 4.97. The number of nitrogens with two attached hydrogens (primary N) is 1. The zero-order valence-electron chi connectivity index (χ0n) is 11.5. The highest BCUT2D eigenvalue weighted by Crippen LogP contribution is 2.10. The largest absolute Gasteiger partial charge is 0.390 e. The Hall–Kier alpha value is -0.160. The zero-order valence-corrected chi connectivity index (χ0v) is 11.5. The molecule has 0 aromatic rings. The van der Waals surface area contributed by atoms with Crippen LogP contribution in [0.1, 0.15) is 33.1 Å². The summed E-state index contributed by atoms with van der Waals surface area (Å²) in [4.78, 5) is 4.98. The number of rotatable bonds is 7. The van der Waals surface area contributed by atoms with Gasteiger partial charge in [0.2, 0.25) is 0 Å². The first-order chi connectivity index (χ1) is 8.01. The Balaban J connectivity index is 2.09. The highest BCUT2D eigenvalue weighted by atomic mass is 16.3. The molecule has 17 heavy (non-hydrogen) atoms. The summed E-state index contributed by atoms with van der Waals surface area (Å²) in [6, 6.07) is 0. The van der Waals surface area contributed by atoms with Crippen LogP contribution in [-0.4, -0.2) is 66.3 Å². The maximum Gasteiger partial charge on any atom is 0.0603 e. The van der Waals surface area contributed by atoms with Gasteiger partial charge in [-0.3, -0.25) is 0 Å². The molecule has 1 heterocycles. The average molecular weight is 243 g/mol. The normalized spacial score (nSPS) is 19.8. The Morgan fingerprint density at radius 2 is 1.53 bits per heavy atom. The van der Waals surface area contributed by atoms with E-state index in [1.54, 1.807) is 0 Å². The molecule has 4 heteroatoms. The number of unbranched alkanes of at least 4 members (excludes halogenated alkanes) is 1. The molecule has 0 aromatic heterocycles. The van der Waals surface area contributed by atoms with Crippen molar-refractivity contribution in [1.82, 2.24) is 9.80 Å². The van der Waals surface area contributed by atoms with Gasteiger partial charge in [0.1, 0.15) is 0 Å². The maximum absolute atomic E-state index is 9.69. The average Bonchev–Trinajstić information content (AvgIpc) is 2.27. The van der Waals surface area contributed by atoms with Crippen molar-refractivity contribution < 1.29 is 5.11 Å². The van der Waals surface area contributed by atoms with Crippen LogP contribution in [0.2, 0.25) is 0 Å². The van der Waals surface area contributed by atoms with Crippen molar-refractivity contribution >= 4 is 0 Å². The van der Waals surface area contributed by atoms with Crippen molar-refractivity contribution in [2.45, 2.75) is 38.7 Å². The van der Waals surface area contributed by atoms with Crippen molar-refractivity contribution in [1.29, 1.82) is 0 Å². The lowest BCUT2D eigenvalue weighted by atomic mass is 10.1. The van der Waals surface area contributed by atoms with Crippen LogP contribution in [0.4, 0.5) is 0 Å². The van der Waals surface area contributed by atoms with E-state index in [0.717, 1.165) is 52.1 Å². The molecule has 0 aliphatic carbocycles. The van der Waals surface area contributed by atoms with E-state index < -0.39 is 5.60 Å². The van der Waals surface area contributed by atoms with Gasteiger partial charge >= 0.3 is 0 Å². The first-order valence-electron chi connectivity index (χ1n) is 6.88. The maximum atomic E-state index is 9.69. The first kappa shape index (κ1) is 14.9. The molecule has 1 rings (SSSR count). The molecule has 0 radical (unpaired) electrons. The third kappa shape index (κ3) is 6.99. The van der Waals surface area contributed by atoms with Crippen molar-refractivity contribution in [3.05, 3.63) is 0 Å². The molecule has 1 aliphatic heterocycles. The van der Waals surface area contributed by atoms with E-state index in [1.807, 2.05) is 13.8 Å². The van der Waals surface area contributed by atoms with Gasteiger partial charge < -0.3 is 20.6 Å². The fourth-order valence-corrected chi connectivity index (χ4v) is 2.15. The van der Waals surface area contributed by atoms with Crippen molar-refractivity contribution in [3.63, 3.8) is 0 Å². The second kappa shape index (κ2) is 7.31. The predicted molar refractivity (Wildman–Crippen MR) is 72.1 cm³/mol. The number of aliphatic hydroxyl groups is 1. The van der Waals surface area contributed by atoms with Gasteiger partial charge in [0.25, 0.3) is 0 Å². The Bertz CT molecular complexity index is 195. The van der Waals surface area contributed by atoms with Crippen molar-refractivity contribution in [2.24, 2.45) is 5.73 Å². The lowest BCUT2D eigenvalue weighted by molar-refractivity contribution is 0.0474. The van der Waals surface area contributed by atoms with E-state index in [4.69, 9.17) is 5.73 Å². The van der Waals surface area contributed by atoms with Crippen molar-refractivity contribution in [2.75, 3.05) is 45.8 Å². The highest BCUT2D eigenvalue weighted by molar-refractivity contribution is 4.75. The van der Waals surface area contributed by atoms with Gasteiger partial charge in [-0.15, -0.1) is 0 Å². The second-order valence-corrected chi connectivity index (χ2v) is 5.74. The minimum Gasteiger partial charge on any atom is -0.390 e. The van der Waals surface area contributed by atoms with Crippen LogP contribution in [0.3, 0.4) is 0 Å². The topological polar surface area (TPSA) is 52.7 Å². The van der Waals surface area contributed by atoms with Gasteiger partial charge in [0.05, 0.1) is 5.60 Å². The molecule has 1 aliphatic rings. The number of nitrogens with zero attached hydrogens (tertiary/aromatic N) is 2. The van der Waals surface area contributed by atoms with Crippen LogP contribution < -0.4 is 5.73 Å². The van der Waals surface area contributed by atoms with Gasteiger partial charge in [-0.1, -0.05) is 0 Å². The van der Waals surface area contributed by atoms with Gasteiger partial charge in [-0.05, 0) is 46.2 Å². The smallest absolute Gasteiger partial charge is 0.0603 e. The fourth-order valence-electron chi connectivity index (χ4n) is 2.15. The van der Waals surface area contributed by atoms with Crippen LogP contribution in [0.5, 0.6) is 0 Å². The third-order valence-corrected chi connectivity index (χ3v) is 3.43. The summed E-state index contributed by atoms with van der Waals surface area (Å²) in [5.74, 6) is 0. The minimum atomic E-state index is -0.530. The molecule has 1 saturated heterocycles. The standard InChI is InChI=1S/C13H29N3O/c1-13(2,17)5-8-16-11-9-15(10-12-16)7-4-3-6-14/h17H,3-12,14H2,1-2H3. The van der Waals surface area contributed by atoms with Gasteiger partial charge in [0.15, 0.2) is 0 Å². The van der Waals surface area contributed by atoms with E-state index in [9.17, 15) is 5.11 Å². The Morgan fingerprint density at radius 1 is 1.00 bits per heavy atom. The molecule has 1 fully saturated rings. The third-order valence-electron chi connectivity index (χ3n) is 3.43. The molecular weight excluding hydrogens is 214 g/mol. The van der Waals surface area contributed by atoms with E-state index in [0.29, 0.717) is 0 Å². The van der Waals surface area contributed by atoms with Crippen LogP contribution in [0.25, 0.3) is 0 Å². The van der Waals surface area contributed by atoms with Gasteiger partial charge in [-0.25, -0.2) is 0 Å². The molecule has 4 nitrogen and oxygen atoms in total. The molecule has 3 N–H and O–H groups in total. The summed E-state index contributed by atoms with van der Waals surface area (Å²) in [6.07, 6.45) is 3.22. The summed E-state index contributed by atoms with van der Waals surface area (Å²) in [6.45, 7) is 11.4. The van der Waals surface area contributed by atoms with E-state index in [2.05, 4.69) is 9.80 Å². The fraction of sp³-hybridized carbons (Fsp3) is 1.00. The molecule has 0 saturated carbocycles. The molecule has 0 atom stereocenters. The Labute approximate surface area is 106 Å². The van der Waals surface area contributed by atoms with E-state index in [1.165, 1.54) is 13.0 Å². The molecule has 0 unspecified atom stereocenters. The summed E-state index contributed by atoms with van der Waals surface area (Å²) in [7, 11) is 0. The van der Waals surface area contributed by atoms with Crippen LogP contribution in [0.15, 0.2) is 0 Å². The Kier molecular flexibility index (Phi) is 6.41. The van der Waals surface area contributed by atoms with Gasteiger partial charge in [-0.2, -0.15) is 0 Å². The number of piperazine rings is 1. The second-order valence-electron chi connectivity index (χ2n) is 5.74. The van der Waals surface area contributed by atoms with Crippen LogP contribution in [-0.2, 0) is 0 Å². The van der Waals surface area contributed by atoms with Crippen molar-refractivity contribution in [3.8, 4) is 0 Å². The molecule has 0 amide bonds. The first-order valence-corrected chi connectivity index (χ1v) is 6.88. The lowest BCUT2D eigenvalue weighted by Gasteiger charge is -2.35. The number of hydrogen-bond donors (Lipinski definition) is 2. The van der Waals surface area contributed by atoms with E-state index >= 15 is 0 Å². The minimum absolute atomic E-state index is 0.530. The lowest BCUT2D eigenvalue weighted by Crippen LogP contribution is -2.47. The quantitative estimate of drug-likeness (QED) is 0.640. The number of hydrogen-bond acceptors (Lipinski definition) is 4. The zero-order chi connectivity index (χ0) is 12.7. The van der Waals surface area contributed by atoms with E-state index in [-0.39, 0.29) is 0 Å². The summed E-state index contributed by atoms with van der Waals surface area (Å²) >= 11 is 0. The summed E-state index contributed by atoms with van der Waals surface area (Å²) < 4.78 is 0. The van der Waals surface area contributed by atoms with Gasteiger partial charge in [0, 0.05) is 32.7 Å². The molecule has 0 bridgehead atoms. The summed E-state index contributed by atoms with van der Waals surface area (Å²) in [5, 5.41) is 9.69. The molecular formula is C13H29N3O. The molecule has 0 aromatic carbocycles. The van der Waals surface area contributed by atoms with Crippen LogP contribution in [0, 0.1) is 0 Å². The SMILES string of the molecule is CC(C)(O)CCN1CCN(CCCCN)CC1.